The lowest BCUT2D eigenvalue weighted by atomic mass is 9.95. The number of benzene rings is 2. The Hall–Kier alpha value is -2.88. The van der Waals surface area contributed by atoms with Gasteiger partial charge >= 0.3 is 0 Å². The van der Waals surface area contributed by atoms with Gasteiger partial charge < -0.3 is 14.4 Å². The van der Waals surface area contributed by atoms with Crippen LogP contribution in [0, 0.1) is 11.6 Å². The normalized spacial score (nSPS) is 23.4. The van der Waals surface area contributed by atoms with Crippen LogP contribution in [0.5, 0.6) is 11.5 Å². The standard InChI is InChI=1S/C26H29ClF2N4O7S/c27-17-1-3-19(4-2-17)40-24-21(28)13-20(14-22(24)29)41(37,38)33-18-5-7-26(33,25(35)30-36)16-32(15-18)23(34)6-8-31-9-11-39-12-10-31/h1-4,13-14,18,36H,5-12,15-16H2,(H,30,35). The number of nitrogens with one attached hydrogen (secondary N) is 1. The SMILES string of the molecule is O=C(CCN1CCOCC1)N1CC2CCC(C(=O)NO)(C1)N2S(=O)(=O)c1cc(F)c(Oc2ccc(Cl)cc2)c(F)c1. The van der Waals surface area contributed by atoms with E-state index in [1.54, 1.807) is 0 Å². The molecule has 2 amide bonds. The van der Waals surface area contributed by atoms with Gasteiger partial charge in [0, 0.05) is 50.2 Å². The number of nitrogens with zero attached hydrogens (tertiary/aromatic N) is 3. The molecule has 2 aromatic carbocycles. The van der Waals surface area contributed by atoms with Gasteiger partial charge in [-0.2, -0.15) is 4.31 Å². The summed E-state index contributed by atoms with van der Waals surface area (Å²) in [4.78, 5) is 28.9. The summed E-state index contributed by atoms with van der Waals surface area (Å²) < 4.78 is 69.3. The fourth-order valence-electron chi connectivity index (χ4n) is 5.69. The quantitative estimate of drug-likeness (QED) is 0.343. The Bertz CT molecular complexity index is 1400. The Balaban J connectivity index is 1.40. The van der Waals surface area contributed by atoms with E-state index < -0.39 is 49.8 Å². The molecule has 0 aromatic heterocycles. The maximum absolute atomic E-state index is 15.1. The number of halogens is 3. The Morgan fingerprint density at radius 3 is 2.44 bits per heavy atom. The molecule has 0 radical (unpaired) electrons. The molecular formula is C26H29ClF2N4O7S. The Labute approximate surface area is 240 Å². The summed E-state index contributed by atoms with van der Waals surface area (Å²) in [6, 6.07) is 6.08. The molecule has 3 aliphatic heterocycles. The van der Waals surface area contributed by atoms with E-state index in [2.05, 4.69) is 4.90 Å². The first kappa shape index (κ1) is 29.6. The van der Waals surface area contributed by atoms with Crippen LogP contribution in [-0.2, 0) is 24.3 Å². The third-order valence-electron chi connectivity index (χ3n) is 7.71. The van der Waals surface area contributed by atoms with Crippen LogP contribution in [0.15, 0.2) is 41.3 Å². The van der Waals surface area contributed by atoms with Gasteiger partial charge in [0.15, 0.2) is 17.4 Å². The highest BCUT2D eigenvalue weighted by molar-refractivity contribution is 7.89. The number of rotatable bonds is 8. The molecule has 41 heavy (non-hydrogen) atoms. The molecule has 2 unspecified atom stereocenters. The van der Waals surface area contributed by atoms with Gasteiger partial charge in [-0.05, 0) is 49.2 Å². The van der Waals surface area contributed by atoms with Crippen molar-refractivity contribution in [2.45, 2.75) is 35.7 Å². The van der Waals surface area contributed by atoms with Gasteiger partial charge in [-0.3, -0.25) is 19.7 Å². The van der Waals surface area contributed by atoms with Crippen molar-refractivity contribution < 1.29 is 41.5 Å². The van der Waals surface area contributed by atoms with Crippen LogP contribution < -0.4 is 10.2 Å². The molecule has 0 saturated carbocycles. The monoisotopic (exact) mass is 614 g/mol. The van der Waals surface area contributed by atoms with Crippen molar-refractivity contribution >= 4 is 33.4 Å². The van der Waals surface area contributed by atoms with Gasteiger partial charge in [0.25, 0.3) is 5.91 Å². The van der Waals surface area contributed by atoms with Crippen LogP contribution in [-0.4, -0.2) is 97.1 Å². The van der Waals surface area contributed by atoms with Crippen molar-refractivity contribution in [3.8, 4) is 11.5 Å². The third kappa shape index (κ3) is 5.76. The van der Waals surface area contributed by atoms with Crippen molar-refractivity contribution in [2.24, 2.45) is 0 Å². The first-order valence-electron chi connectivity index (χ1n) is 13.0. The maximum atomic E-state index is 15.1. The molecule has 3 heterocycles. The molecule has 2 aromatic rings. The number of hydroxylamine groups is 1. The average Bonchev–Trinajstić information content (AvgIpc) is 3.22. The largest absolute Gasteiger partial charge is 0.451 e. The predicted molar refractivity (Wildman–Crippen MR) is 141 cm³/mol. The van der Waals surface area contributed by atoms with Gasteiger partial charge in [-0.15, -0.1) is 0 Å². The van der Waals surface area contributed by atoms with Gasteiger partial charge in [0.2, 0.25) is 15.9 Å². The fraction of sp³-hybridized carbons (Fsp3) is 0.462. The first-order valence-corrected chi connectivity index (χ1v) is 14.9. The highest BCUT2D eigenvalue weighted by Gasteiger charge is 2.61. The summed E-state index contributed by atoms with van der Waals surface area (Å²) >= 11 is 5.82. The van der Waals surface area contributed by atoms with Crippen LogP contribution in [0.2, 0.25) is 5.02 Å². The van der Waals surface area contributed by atoms with E-state index in [1.807, 2.05) is 0 Å². The van der Waals surface area contributed by atoms with E-state index in [9.17, 15) is 23.2 Å². The second-order valence-electron chi connectivity index (χ2n) is 10.2. The molecule has 222 valence electrons. The number of fused-ring (bicyclic) bond motifs is 2. The predicted octanol–water partition coefficient (Wildman–Crippen LogP) is 2.37. The lowest BCUT2D eigenvalue weighted by Gasteiger charge is -2.46. The van der Waals surface area contributed by atoms with Gasteiger partial charge in [0.05, 0.1) is 18.1 Å². The number of piperazine rings is 1. The summed E-state index contributed by atoms with van der Waals surface area (Å²) in [5.41, 5.74) is -0.334. The smallest absolute Gasteiger partial charge is 0.266 e. The van der Waals surface area contributed by atoms with Crippen LogP contribution in [0.3, 0.4) is 0 Å². The highest BCUT2D eigenvalue weighted by atomic mass is 35.5. The average molecular weight is 615 g/mol. The lowest BCUT2D eigenvalue weighted by molar-refractivity contribution is -0.146. The van der Waals surface area contributed by atoms with Crippen molar-refractivity contribution in [1.29, 1.82) is 0 Å². The van der Waals surface area contributed by atoms with Gasteiger partial charge in [-0.1, -0.05) is 11.6 Å². The van der Waals surface area contributed by atoms with Crippen molar-refractivity contribution in [3.63, 3.8) is 0 Å². The maximum Gasteiger partial charge on any atom is 0.266 e. The van der Waals surface area contributed by atoms with Crippen LogP contribution in [0.4, 0.5) is 8.78 Å². The molecule has 2 N–H and O–H groups in total. The Morgan fingerprint density at radius 1 is 1.15 bits per heavy atom. The van der Waals surface area contributed by atoms with Crippen LogP contribution in [0.1, 0.15) is 19.3 Å². The van der Waals surface area contributed by atoms with E-state index >= 15 is 8.78 Å². The number of ether oxygens (including phenoxy) is 2. The van der Waals surface area contributed by atoms with Gasteiger partial charge in [-0.25, -0.2) is 22.7 Å². The lowest BCUT2D eigenvalue weighted by Crippen LogP contribution is -2.69. The molecule has 15 heteroatoms. The van der Waals surface area contributed by atoms with E-state index in [4.69, 9.17) is 21.1 Å². The highest BCUT2D eigenvalue weighted by Crippen LogP contribution is 2.44. The molecule has 3 saturated heterocycles. The van der Waals surface area contributed by atoms with E-state index in [1.165, 1.54) is 34.6 Å². The molecule has 5 rings (SSSR count). The molecule has 2 bridgehead atoms. The number of amides is 2. The number of carbonyl (C=O) groups is 2. The minimum atomic E-state index is -4.68. The van der Waals surface area contributed by atoms with Crippen molar-refractivity contribution in [3.05, 3.63) is 53.1 Å². The minimum absolute atomic E-state index is 0.000735. The molecule has 0 aliphatic carbocycles. The van der Waals surface area contributed by atoms with Gasteiger partial charge in [0.1, 0.15) is 11.3 Å². The Kier molecular flexibility index (Phi) is 8.51. The minimum Gasteiger partial charge on any atom is -0.451 e. The van der Waals surface area contributed by atoms with Crippen molar-refractivity contribution in [1.82, 2.24) is 19.6 Å². The molecule has 3 aliphatic rings. The summed E-state index contributed by atoms with van der Waals surface area (Å²) in [6.45, 7) is 2.67. The molecular weight excluding hydrogens is 586 g/mol. The van der Waals surface area contributed by atoms with E-state index in [0.717, 1.165) is 4.31 Å². The zero-order valence-electron chi connectivity index (χ0n) is 21.9. The molecule has 11 nitrogen and oxygen atoms in total. The molecule has 3 fully saturated rings. The summed E-state index contributed by atoms with van der Waals surface area (Å²) in [5.74, 6) is -4.58. The molecule has 0 spiro atoms. The number of likely N-dealkylation sites (tertiary alicyclic amines) is 1. The second kappa shape index (κ2) is 11.8. The molecule has 2 atom stereocenters. The number of morpholine rings is 1. The zero-order valence-corrected chi connectivity index (χ0v) is 23.5. The zero-order chi connectivity index (χ0) is 29.4. The second-order valence-corrected chi connectivity index (χ2v) is 12.5. The summed E-state index contributed by atoms with van der Waals surface area (Å²) in [7, 11) is -4.68. The van der Waals surface area contributed by atoms with Crippen LogP contribution in [0.25, 0.3) is 0 Å². The topological polar surface area (TPSA) is 129 Å². The van der Waals surface area contributed by atoms with E-state index in [-0.39, 0.29) is 44.0 Å². The van der Waals surface area contributed by atoms with Crippen molar-refractivity contribution in [2.75, 3.05) is 45.9 Å². The summed E-state index contributed by atoms with van der Waals surface area (Å²) in [6.07, 6.45) is 0.351. The number of sulfonamides is 1. The number of carbonyl (C=O) groups excluding carboxylic acids is 2. The fourth-order valence-corrected chi connectivity index (χ4v) is 7.81. The van der Waals surface area contributed by atoms with E-state index in [0.29, 0.717) is 50.0 Å². The Morgan fingerprint density at radius 2 is 1.80 bits per heavy atom. The third-order valence-corrected chi connectivity index (χ3v) is 9.96. The first-order chi connectivity index (χ1) is 19.5. The number of hydrogen-bond donors (Lipinski definition) is 2. The summed E-state index contributed by atoms with van der Waals surface area (Å²) in [5, 5.41) is 9.93. The number of hydrogen-bond acceptors (Lipinski definition) is 8. The van der Waals surface area contributed by atoms with Crippen LogP contribution >= 0.6 is 11.6 Å².